The highest BCUT2D eigenvalue weighted by Crippen LogP contribution is 2.28. The maximum Gasteiger partial charge on any atom is 0.252 e. The van der Waals surface area contributed by atoms with Crippen molar-refractivity contribution in [3.05, 3.63) is 47.7 Å². The number of nitrogens with zero attached hydrogens (tertiary/aromatic N) is 1. The third-order valence-corrected chi connectivity index (χ3v) is 5.36. The molecule has 0 bridgehead atoms. The second kappa shape index (κ2) is 7.78. The van der Waals surface area contributed by atoms with Crippen LogP contribution in [0.1, 0.15) is 54.4 Å². The monoisotopic (exact) mass is 366 g/mol. The SMILES string of the molecule is Cc1cc(-c2cccc(C(=O)NC3(C(N)=O)CCCCCC3)c2)cnc1N. The number of hydrogen-bond acceptors (Lipinski definition) is 4. The molecule has 6 nitrogen and oxygen atoms in total. The molecule has 1 aromatic carbocycles. The summed E-state index contributed by atoms with van der Waals surface area (Å²) in [4.78, 5) is 29.2. The van der Waals surface area contributed by atoms with Crippen molar-refractivity contribution in [3.8, 4) is 11.1 Å². The first-order chi connectivity index (χ1) is 12.9. The van der Waals surface area contributed by atoms with Crippen LogP contribution < -0.4 is 16.8 Å². The Kier molecular flexibility index (Phi) is 5.44. The highest BCUT2D eigenvalue weighted by Gasteiger charge is 2.38. The first-order valence-corrected chi connectivity index (χ1v) is 9.36. The van der Waals surface area contributed by atoms with Gasteiger partial charge < -0.3 is 16.8 Å². The Hall–Kier alpha value is -2.89. The highest BCUT2D eigenvalue weighted by molar-refractivity contribution is 5.99. The quantitative estimate of drug-likeness (QED) is 0.722. The van der Waals surface area contributed by atoms with Crippen molar-refractivity contribution in [2.24, 2.45) is 5.73 Å². The van der Waals surface area contributed by atoms with E-state index in [2.05, 4.69) is 10.3 Å². The van der Waals surface area contributed by atoms with Crippen LogP contribution in [0.5, 0.6) is 0 Å². The van der Waals surface area contributed by atoms with E-state index in [1.54, 1.807) is 18.3 Å². The number of carbonyl (C=O) groups is 2. The number of aromatic nitrogens is 1. The van der Waals surface area contributed by atoms with Crippen LogP contribution in [-0.2, 0) is 4.79 Å². The number of hydrogen-bond donors (Lipinski definition) is 3. The van der Waals surface area contributed by atoms with Crippen molar-refractivity contribution in [3.63, 3.8) is 0 Å². The molecule has 0 atom stereocenters. The topological polar surface area (TPSA) is 111 Å². The number of benzene rings is 1. The van der Waals surface area contributed by atoms with Gasteiger partial charge in [0.2, 0.25) is 5.91 Å². The van der Waals surface area contributed by atoms with Crippen LogP contribution in [0, 0.1) is 6.92 Å². The molecule has 1 aliphatic rings. The number of anilines is 1. The van der Waals surface area contributed by atoms with E-state index in [-0.39, 0.29) is 5.91 Å². The van der Waals surface area contributed by atoms with Gasteiger partial charge in [-0.05, 0) is 49.1 Å². The maximum atomic E-state index is 12.9. The summed E-state index contributed by atoms with van der Waals surface area (Å²) in [6.45, 7) is 1.89. The van der Waals surface area contributed by atoms with E-state index in [0.29, 0.717) is 24.2 Å². The molecule has 0 saturated heterocycles. The molecule has 1 heterocycles. The summed E-state index contributed by atoms with van der Waals surface area (Å²) in [6.07, 6.45) is 6.77. The van der Waals surface area contributed by atoms with Gasteiger partial charge >= 0.3 is 0 Å². The van der Waals surface area contributed by atoms with Gasteiger partial charge in [0.1, 0.15) is 11.4 Å². The Morgan fingerprint density at radius 2 is 1.78 bits per heavy atom. The van der Waals surface area contributed by atoms with Gasteiger partial charge in [-0.15, -0.1) is 0 Å². The lowest BCUT2D eigenvalue weighted by molar-refractivity contribution is -0.124. The van der Waals surface area contributed by atoms with E-state index >= 15 is 0 Å². The van der Waals surface area contributed by atoms with E-state index < -0.39 is 11.4 Å². The van der Waals surface area contributed by atoms with Gasteiger partial charge in [0, 0.05) is 17.3 Å². The van der Waals surface area contributed by atoms with Crippen LogP contribution in [0.3, 0.4) is 0 Å². The third kappa shape index (κ3) is 4.10. The largest absolute Gasteiger partial charge is 0.383 e. The molecular weight excluding hydrogens is 340 g/mol. The number of aryl methyl sites for hydroxylation is 1. The molecule has 27 heavy (non-hydrogen) atoms. The fourth-order valence-corrected chi connectivity index (χ4v) is 3.64. The molecule has 2 aromatic rings. The number of nitrogens with one attached hydrogen (secondary N) is 1. The minimum absolute atomic E-state index is 0.280. The Morgan fingerprint density at radius 1 is 1.07 bits per heavy atom. The Bertz CT molecular complexity index is 855. The fraction of sp³-hybridized carbons (Fsp3) is 0.381. The smallest absolute Gasteiger partial charge is 0.252 e. The molecule has 1 aromatic heterocycles. The zero-order chi connectivity index (χ0) is 19.4. The van der Waals surface area contributed by atoms with Crippen LogP contribution in [-0.4, -0.2) is 22.3 Å². The summed E-state index contributed by atoms with van der Waals surface area (Å²) in [6, 6.07) is 9.21. The summed E-state index contributed by atoms with van der Waals surface area (Å²) < 4.78 is 0. The molecule has 0 radical (unpaired) electrons. The van der Waals surface area contributed by atoms with E-state index in [4.69, 9.17) is 11.5 Å². The van der Waals surface area contributed by atoms with Gasteiger partial charge in [-0.2, -0.15) is 0 Å². The van der Waals surface area contributed by atoms with Crippen molar-refractivity contribution in [2.45, 2.75) is 51.0 Å². The van der Waals surface area contributed by atoms with Crippen molar-refractivity contribution >= 4 is 17.6 Å². The van der Waals surface area contributed by atoms with Crippen LogP contribution in [0.25, 0.3) is 11.1 Å². The van der Waals surface area contributed by atoms with Gasteiger partial charge in [0.15, 0.2) is 0 Å². The first kappa shape index (κ1) is 18.9. The molecule has 1 fully saturated rings. The van der Waals surface area contributed by atoms with E-state index in [1.807, 2.05) is 25.1 Å². The second-order valence-corrected chi connectivity index (χ2v) is 7.32. The van der Waals surface area contributed by atoms with Crippen LogP contribution in [0.2, 0.25) is 0 Å². The molecule has 0 aliphatic heterocycles. The fourth-order valence-electron chi connectivity index (χ4n) is 3.64. The summed E-state index contributed by atoms with van der Waals surface area (Å²) in [5, 5.41) is 2.94. The summed E-state index contributed by atoms with van der Waals surface area (Å²) in [7, 11) is 0. The molecule has 1 saturated carbocycles. The van der Waals surface area contributed by atoms with Gasteiger partial charge in [-0.3, -0.25) is 9.59 Å². The molecule has 6 heteroatoms. The summed E-state index contributed by atoms with van der Waals surface area (Å²) in [5.74, 6) is -0.241. The van der Waals surface area contributed by atoms with E-state index in [9.17, 15) is 9.59 Å². The number of amides is 2. The summed E-state index contributed by atoms with van der Waals surface area (Å²) >= 11 is 0. The average Bonchev–Trinajstić information content (AvgIpc) is 2.90. The normalized spacial score (nSPS) is 16.3. The molecule has 1 aliphatic carbocycles. The zero-order valence-electron chi connectivity index (χ0n) is 15.6. The number of nitrogen functional groups attached to an aromatic ring is 1. The number of rotatable bonds is 4. The van der Waals surface area contributed by atoms with Crippen molar-refractivity contribution in [1.29, 1.82) is 0 Å². The number of primary amides is 1. The zero-order valence-corrected chi connectivity index (χ0v) is 15.6. The molecule has 0 spiro atoms. The van der Waals surface area contributed by atoms with E-state index in [1.165, 1.54) is 0 Å². The Labute approximate surface area is 159 Å². The lowest BCUT2D eigenvalue weighted by Gasteiger charge is -2.30. The number of carbonyl (C=O) groups excluding carboxylic acids is 2. The number of pyridine rings is 1. The lowest BCUT2D eigenvalue weighted by Crippen LogP contribution is -2.57. The molecule has 2 amide bonds. The number of nitrogens with two attached hydrogens (primary N) is 2. The predicted octanol–water partition coefficient (Wildman–Crippen LogP) is 2.95. The standard InChI is InChI=1S/C21H26N4O2/c1-14-11-17(13-24-18(14)22)15-7-6-8-16(12-15)19(26)25-21(20(23)27)9-4-2-3-5-10-21/h6-8,11-13H,2-5,9-10H2,1H3,(H2,22,24)(H2,23,27)(H,25,26). The maximum absolute atomic E-state index is 12.9. The van der Waals surface area contributed by atoms with Crippen molar-refractivity contribution in [1.82, 2.24) is 10.3 Å². The van der Waals surface area contributed by atoms with Crippen molar-refractivity contribution in [2.75, 3.05) is 5.73 Å². The first-order valence-electron chi connectivity index (χ1n) is 9.36. The Balaban J connectivity index is 1.86. The molecular formula is C21H26N4O2. The van der Waals surface area contributed by atoms with Crippen LogP contribution >= 0.6 is 0 Å². The van der Waals surface area contributed by atoms with Gasteiger partial charge in [-0.25, -0.2) is 4.98 Å². The average molecular weight is 366 g/mol. The third-order valence-electron chi connectivity index (χ3n) is 5.36. The summed E-state index contributed by atoms with van der Waals surface area (Å²) in [5.41, 5.74) is 13.6. The second-order valence-electron chi connectivity index (χ2n) is 7.32. The Morgan fingerprint density at radius 3 is 2.41 bits per heavy atom. The molecule has 3 rings (SSSR count). The molecule has 142 valence electrons. The minimum Gasteiger partial charge on any atom is -0.383 e. The molecule has 5 N–H and O–H groups in total. The van der Waals surface area contributed by atoms with Crippen molar-refractivity contribution < 1.29 is 9.59 Å². The lowest BCUT2D eigenvalue weighted by atomic mass is 9.88. The van der Waals surface area contributed by atoms with Crippen LogP contribution in [0.4, 0.5) is 5.82 Å². The van der Waals surface area contributed by atoms with Gasteiger partial charge in [0.25, 0.3) is 5.91 Å². The van der Waals surface area contributed by atoms with E-state index in [0.717, 1.165) is 42.4 Å². The van der Waals surface area contributed by atoms with Gasteiger partial charge in [-0.1, -0.05) is 37.8 Å². The highest BCUT2D eigenvalue weighted by atomic mass is 16.2. The van der Waals surface area contributed by atoms with Crippen LogP contribution in [0.15, 0.2) is 36.5 Å². The minimum atomic E-state index is -0.955. The van der Waals surface area contributed by atoms with Gasteiger partial charge in [0.05, 0.1) is 0 Å². The predicted molar refractivity (Wildman–Crippen MR) is 106 cm³/mol. The molecule has 0 unspecified atom stereocenters.